The van der Waals surface area contributed by atoms with Crippen LogP contribution in [-0.2, 0) is 0 Å². The Balaban J connectivity index is 2.06. The molecule has 0 unspecified atom stereocenters. The number of para-hydroxylation sites is 1. The Morgan fingerprint density at radius 2 is 1.36 bits per heavy atom. The summed E-state index contributed by atoms with van der Waals surface area (Å²) >= 11 is 0. The monoisotopic (exact) mass is 448 g/mol. The molecule has 0 fully saturated rings. The van der Waals surface area contributed by atoms with Crippen molar-refractivity contribution in [1.82, 2.24) is 15.0 Å². The molecule has 4 rings (SSSR count). The van der Waals surface area contributed by atoms with E-state index >= 15 is 0 Å². The van der Waals surface area contributed by atoms with E-state index < -0.39 is 0 Å². The highest BCUT2D eigenvalue weighted by Gasteiger charge is 2.20. The number of nitrogen functional groups attached to an aromatic ring is 1. The Bertz CT molecular complexity index is 1300. The van der Waals surface area contributed by atoms with E-state index in [-0.39, 0.29) is 0 Å². The van der Waals surface area contributed by atoms with E-state index in [0.717, 1.165) is 16.7 Å². The van der Waals surface area contributed by atoms with Crippen molar-refractivity contribution < 1.29 is 23.7 Å². The van der Waals surface area contributed by atoms with Crippen LogP contribution < -0.4 is 29.4 Å². The highest BCUT2D eigenvalue weighted by Crippen LogP contribution is 2.44. The van der Waals surface area contributed by atoms with E-state index in [9.17, 15) is 0 Å². The fourth-order valence-electron chi connectivity index (χ4n) is 3.78. The normalized spacial score (nSPS) is 10.7. The minimum absolute atomic E-state index is 0.309. The second-order valence-electron chi connectivity index (χ2n) is 6.97. The van der Waals surface area contributed by atoms with Crippen molar-refractivity contribution in [3.05, 3.63) is 42.7 Å². The number of methoxy groups -OCH3 is 5. The molecule has 0 aliphatic rings. The van der Waals surface area contributed by atoms with Gasteiger partial charge in [0.05, 0.1) is 46.6 Å². The first-order chi connectivity index (χ1) is 16.1. The number of hydrogen-bond donors (Lipinski definition) is 1. The fourth-order valence-corrected chi connectivity index (χ4v) is 3.78. The molecule has 2 aromatic heterocycles. The molecular weight excluding hydrogens is 424 g/mol. The van der Waals surface area contributed by atoms with Gasteiger partial charge in [-0.2, -0.15) is 0 Å². The van der Waals surface area contributed by atoms with Crippen LogP contribution in [0.15, 0.2) is 42.7 Å². The van der Waals surface area contributed by atoms with Gasteiger partial charge in [0.25, 0.3) is 0 Å². The number of fused-ring (bicyclic) bond motifs is 1. The molecular formula is C24H24N4O5. The van der Waals surface area contributed by atoms with Crippen molar-refractivity contribution in [3.63, 3.8) is 0 Å². The quantitative estimate of drug-likeness (QED) is 0.449. The highest BCUT2D eigenvalue weighted by molar-refractivity contribution is 6.02. The average molecular weight is 448 g/mol. The number of benzene rings is 2. The molecule has 0 radical (unpaired) electrons. The van der Waals surface area contributed by atoms with Gasteiger partial charge in [0, 0.05) is 16.7 Å². The number of nitrogens with two attached hydrogens (primary N) is 1. The van der Waals surface area contributed by atoms with Gasteiger partial charge in [-0.3, -0.25) is 0 Å². The number of pyridine rings is 1. The van der Waals surface area contributed by atoms with Gasteiger partial charge in [-0.25, -0.2) is 15.0 Å². The number of aromatic nitrogens is 3. The van der Waals surface area contributed by atoms with E-state index in [4.69, 9.17) is 34.4 Å². The molecule has 0 saturated heterocycles. The van der Waals surface area contributed by atoms with E-state index in [2.05, 4.69) is 9.97 Å². The van der Waals surface area contributed by atoms with Crippen LogP contribution in [0, 0.1) is 0 Å². The SMILES string of the molecule is COc1cc(-c2cc(-c3cccc(OC)c3OC)c3c(N)ncnc3n2)cc(OC)c1OC. The molecule has 170 valence electrons. The Morgan fingerprint density at radius 3 is 1.97 bits per heavy atom. The number of nitrogens with zero attached hydrogens (tertiary/aromatic N) is 3. The Kier molecular flexibility index (Phi) is 6.03. The number of hydrogen-bond acceptors (Lipinski definition) is 9. The summed E-state index contributed by atoms with van der Waals surface area (Å²) in [7, 11) is 7.86. The molecule has 9 nitrogen and oxygen atoms in total. The molecule has 0 aliphatic carbocycles. The third-order valence-electron chi connectivity index (χ3n) is 5.29. The minimum atomic E-state index is 0.309. The molecule has 2 heterocycles. The predicted molar refractivity (Wildman–Crippen MR) is 125 cm³/mol. The zero-order chi connectivity index (χ0) is 23.5. The van der Waals surface area contributed by atoms with Gasteiger partial charge in [-0.1, -0.05) is 12.1 Å². The molecule has 0 spiro atoms. The summed E-state index contributed by atoms with van der Waals surface area (Å²) in [5.41, 5.74) is 9.57. The lowest BCUT2D eigenvalue weighted by molar-refractivity contribution is 0.324. The van der Waals surface area contributed by atoms with Crippen LogP contribution >= 0.6 is 0 Å². The van der Waals surface area contributed by atoms with Gasteiger partial charge >= 0.3 is 0 Å². The van der Waals surface area contributed by atoms with E-state index in [1.165, 1.54) is 6.33 Å². The van der Waals surface area contributed by atoms with Crippen LogP contribution in [0.3, 0.4) is 0 Å². The Hall–Kier alpha value is -4.27. The minimum Gasteiger partial charge on any atom is -0.493 e. The molecule has 2 aromatic carbocycles. The number of rotatable bonds is 7. The smallest absolute Gasteiger partial charge is 0.203 e. The Morgan fingerprint density at radius 1 is 0.697 bits per heavy atom. The number of anilines is 1. The molecule has 9 heteroatoms. The van der Waals surface area contributed by atoms with Crippen LogP contribution in [-0.4, -0.2) is 50.5 Å². The molecule has 2 N–H and O–H groups in total. The number of ether oxygens (including phenoxy) is 5. The van der Waals surface area contributed by atoms with E-state index in [1.54, 1.807) is 35.5 Å². The maximum atomic E-state index is 6.25. The van der Waals surface area contributed by atoms with Crippen LogP contribution in [0.4, 0.5) is 5.82 Å². The standard InChI is InChI=1S/C24H24N4O5/c1-29-17-8-6-7-14(21(17)32-4)15-11-16(28-24-20(15)23(25)26-12-27-24)13-9-18(30-2)22(33-5)19(10-13)31-3/h6-12H,1-5H3,(H2,25,26,27,28). The van der Waals surface area contributed by atoms with Gasteiger partial charge < -0.3 is 29.4 Å². The van der Waals surface area contributed by atoms with Crippen molar-refractivity contribution in [1.29, 1.82) is 0 Å². The summed E-state index contributed by atoms with van der Waals surface area (Å²) in [6.45, 7) is 0. The first-order valence-corrected chi connectivity index (χ1v) is 9.99. The molecule has 0 amide bonds. The molecule has 4 aromatic rings. The van der Waals surface area contributed by atoms with Gasteiger partial charge in [0.15, 0.2) is 28.6 Å². The summed E-state index contributed by atoms with van der Waals surface area (Å²) in [4.78, 5) is 13.3. The van der Waals surface area contributed by atoms with Gasteiger partial charge in [-0.05, 0) is 24.3 Å². The topological polar surface area (TPSA) is 111 Å². The molecule has 0 bridgehead atoms. The maximum Gasteiger partial charge on any atom is 0.203 e. The summed E-state index contributed by atoms with van der Waals surface area (Å²) < 4.78 is 27.6. The third kappa shape index (κ3) is 3.78. The van der Waals surface area contributed by atoms with E-state index in [0.29, 0.717) is 51.3 Å². The van der Waals surface area contributed by atoms with Crippen LogP contribution in [0.25, 0.3) is 33.4 Å². The highest BCUT2D eigenvalue weighted by atomic mass is 16.5. The molecule has 0 saturated carbocycles. The van der Waals surface area contributed by atoms with Crippen LogP contribution in [0.5, 0.6) is 28.7 Å². The maximum absolute atomic E-state index is 6.25. The second kappa shape index (κ2) is 9.07. The largest absolute Gasteiger partial charge is 0.493 e. The van der Waals surface area contributed by atoms with Gasteiger partial charge in [-0.15, -0.1) is 0 Å². The van der Waals surface area contributed by atoms with Crippen molar-refractivity contribution >= 4 is 16.9 Å². The van der Waals surface area contributed by atoms with E-state index in [1.807, 2.05) is 36.4 Å². The van der Waals surface area contributed by atoms with Crippen molar-refractivity contribution in [2.45, 2.75) is 0 Å². The van der Waals surface area contributed by atoms with Crippen LogP contribution in [0.1, 0.15) is 0 Å². The van der Waals surface area contributed by atoms with Gasteiger partial charge in [0.2, 0.25) is 5.75 Å². The van der Waals surface area contributed by atoms with Crippen molar-refractivity contribution in [2.24, 2.45) is 0 Å². The van der Waals surface area contributed by atoms with Crippen LogP contribution in [0.2, 0.25) is 0 Å². The van der Waals surface area contributed by atoms with Gasteiger partial charge in [0.1, 0.15) is 12.1 Å². The zero-order valence-corrected chi connectivity index (χ0v) is 19.0. The van der Waals surface area contributed by atoms with Crippen molar-refractivity contribution in [2.75, 3.05) is 41.3 Å². The molecule has 0 aliphatic heterocycles. The first kappa shape index (κ1) is 21.9. The fraction of sp³-hybridized carbons (Fsp3) is 0.208. The lowest BCUT2D eigenvalue weighted by Gasteiger charge is -2.17. The second-order valence-corrected chi connectivity index (χ2v) is 6.97. The zero-order valence-electron chi connectivity index (χ0n) is 19.0. The summed E-state index contributed by atoms with van der Waals surface area (Å²) in [6, 6.07) is 11.2. The molecule has 33 heavy (non-hydrogen) atoms. The lowest BCUT2D eigenvalue weighted by atomic mass is 9.98. The summed E-state index contributed by atoms with van der Waals surface area (Å²) in [5.74, 6) is 2.97. The van der Waals surface area contributed by atoms with Crippen molar-refractivity contribution in [3.8, 4) is 51.1 Å². The predicted octanol–water partition coefficient (Wildman–Crippen LogP) is 3.98. The first-order valence-electron chi connectivity index (χ1n) is 9.99. The average Bonchev–Trinajstić information content (AvgIpc) is 2.86. The summed E-state index contributed by atoms with van der Waals surface area (Å²) in [6.07, 6.45) is 1.39. The molecule has 0 atom stereocenters. The Labute approximate surface area is 191 Å². The summed E-state index contributed by atoms with van der Waals surface area (Å²) in [5, 5.41) is 0.611. The third-order valence-corrected chi connectivity index (χ3v) is 5.29. The lowest BCUT2D eigenvalue weighted by Crippen LogP contribution is -2.01.